The Morgan fingerprint density at radius 1 is 0.944 bits per heavy atom. The highest BCUT2D eigenvalue weighted by Gasteiger charge is 2.03. The zero-order valence-corrected chi connectivity index (χ0v) is 9.67. The molecule has 0 amide bonds. The molecular weight excluding hydrogens is 224 g/mol. The van der Waals surface area contributed by atoms with Gasteiger partial charge in [-0.1, -0.05) is 12.1 Å². The minimum absolute atomic E-state index is 0.485. The maximum atomic E-state index is 5.82. The summed E-state index contributed by atoms with van der Waals surface area (Å²) in [5.74, 6) is 0.485. The smallest absolute Gasteiger partial charge is 0.147 e. The third-order valence-electron chi connectivity index (χ3n) is 2.79. The van der Waals surface area contributed by atoms with Crippen LogP contribution in [0.1, 0.15) is 0 Å². The standard InChI is InChI=1S/C14H12N4/c15-14-13(5-2-7-17-14)18-12-4-1-3-10-6-8-16-9-11(10)12/h1-9,18H,(H2,15,17). The minimum atomic E-state index is 0.485. The molecule has 0 aliphatic heterocycles. The summed E-state index contributed by atoms with van der Waals surface area (Å²) in [5.41, 5.74) is 7.60. The number of nitrogens with zero attached hydrogens (tertiary/aromatic N) is 2. The number of hydrogen-bond donors (Lipinski definition) is 2. The van der Waals surface area contributed by atoms with Crippen molar-refractivity contribution in [3.8, 4) is 0 Å². The zero-order chi connectivity index (χ0) is 12.4. The lowest BCUT2D eigenvalue weighted by Crippen LogP contribution is -1.98. The lowest BCUT2D eigenvalue weighted by Gasteiger charge is -2.10. The van der Waals surface area contributed by atoms with Gasteiger partial charge in [-0.25, -0.2) is 4.98 Å². The molecule has 2 aromatic heterocycles. The van der Waals surface area contributed by atoms with Gasteiger partial charge in [0.05, 0.1) is 5.69 Å². The fourth-order valence-corrected chi connectivity index (χ4v) is 1.89. The van der Waals surface area contributed by atoms with E-state index in [1.807, 2.05) is 36.5 Å². The molecule has 88 valence electrons. The van der Waals surface area contributed by atoms with Gasteiger partial charge in [0.25, 0.3) is 0 Å². The SMILES string of the molecule is Nc1ncccc1Nc1cccc2ccncc12. The molecule has 0 fully saturated rings. The Labute approximate surface area is 104 Å². The van der Waals surface area contributed by atoms with Crippen LogP contribution in [0.2, 0.25) is 0 Å². The third kappa shape index (κ3) is 1.84. The van der Waals surface area contributed by atoms with Crippen molar-refractivity contribution in [1.82, 2.24) is 9.97 Å². The van der Waals surface area contributed by atoms with E-state index in [0.29, 0.717) is 5.82 Å². The van der Waals surface area contributed by atoms with Crippen molar-refractivity contribution in [1.29, 1.82) is 0 Å². The number of anilines is 3. The van der Waals surface area contributed by atoms with Gasteiger partial charge in [-0.3, -0.25) is 4.98 Å². The van der Waals surface area contributed by atoms with Crippen LogP contribution in [-0.2, 0) is 0 Å². The Morgan fingerprint density at radius 3 is 2.72 bits per heavy atom. The zero-order valence-electron chi connectivity index (χ0n) is 9.67. The first-order valence-corrected chi connectivity index (χ1v) is 5.65. The summed E-state index contributed by atoms with van der Waals surface area (Å²) in [6.45, 7) is 0. The normalized spacial score (nSPS) is 10.4. The van der Waals surface area contributed by atoms with Gasteiger partial charge in [-0.15, -0.1) is 0 Å². The van der Waals surface area contributed by atoms with Gasteiger partial charge in [-0.2, -0.15) is 0 Å². The number of nitrogens with one attached hydrogen (secondary N) is 1. The summed E-state index contributed by atoms with van der Waals surface area (Å²) in [5, 5.41) is 5.48. The summed E-state index contributed by atoms with van der Waals surface area (Å²) in [6.07, 6.45) is 5.29. The number of rotatable bonds is 2. The maximum Gasteiger partial charge on any atom is 0.147 e. The number of fused-ring (bicyclic) bond motifs is 1. The quantitative estimate of drug-likeness (QED) is 0.718. The first-order chi connectivity index (χ1) is 8.84. The second kappa shape index (κ2) is 4.33. The summed E-state index contributed by atoms with van der Waals surface area (Å²) >= 11 is 0. The van der Waals surface area contributed by atoms with Crippen molar-refractivity contribution in [3.05, 3.63) is 55.0 Å². The summed E-state index contributed by atoms with van der Waals surface area (Å²) in [4.78, 5) is 8.21. The molecule has 0 aliphatic rings. The highest BCUT2D eigenvalue weighted by molar-refractivity contribution is 5.95. The van der Waals surface area contributed by atoms with E-state index in [-0.39, 0.29) is 0 Å². The monoisotopic (exact) mass is 236 g/mol. The van der Waals surface area contributed by atoms with Gasteiger partial charge < -0.3 is 11.1 Å². The molecule has 0 aliphatic carbocycles. The second-order valence-electron chi connectivity index (χ2n) is 3.96. The molecular formula is C14H12N4. The largest absolute Gasteiger partial charge is 0.382 e. The summed E-state index contributed by atoms with van der Waals surface area (Å²) in [7, 11) is 0. The van der Waals surface area contributed by atoms with Crippen molar-refractivity contribution < 1.29 is 0 Å². The van der Waals surface area contributed by atoms with Crippen LogP contribution in [0, 0.1) is 0 Å². The van der Waals surface area contributed by atoms with Crippen molar-refractivity contribution >= 4 is 28.0 Å². The molecule has 3 N–H and O–H groups in total. The molecule has 3 aromatic rings. The molecule has 18 heavy (non-hydrogen) atoms. The topological polar surface area (TPSA) is 63.8 Å². The first-order valence-electron chi connectivity index (χ1n) is 5.65. The van der Waals surface area contributed by atoms with Gasteiger partial charge in [0, 0.05) is 29.7 Å². The van der Waals surface area contributed by atoms with Crippen LogP contribution in [-0.4, -0.2) is 9.97 Å². The first kappa shape index (κ1) is 10.5. The lowest BCUT2D eigenvalue weighted by molar-refractivity contribution is 1.33. The number of nitrogen functional groups attached to an aromatic ring is 1. The van der Waals surface area contributed by atoms with E-state index in [1.54, 1.807) is 12.4 Å². The average molecular weight is 236 g/mol. The number of aromatic nitrogens is 2. The van der Waals surface area contributed by atoms with Crippen LogP contribution >= 0.6 is 0 Å². The van der Waals surface area contributed by atoms with Gasteiger partial charge >= 0.3 is 0 Å². The molecule has 0 spiro atoms. The minimum Gasteiger partial charge on any atom is -0.382 e. The number of pyridine rings is 2. The van der Waals surface area contributed by atoms with Crippen LogP contribution in [0.25, 0.3) is 10.8 Å². The highest BCUT2D eigenvalue weighted by Crippen LogP contribution is 2.27. The number of benzene rings is 1. The van der Waals surface area contributed by atoms with E-state index >= 15 is 0 Å². The maximum absolute atomic E-state index is 5.82. The molecule has 4 nitrogen and oxygen atoms in total. The predicted octanol–water partition coefficient (Wildman–Crippen LogP) is 2.96. The van der Waals surface area contributed by atoms with Crippen LogP contribution in [0.5, 0.6) is 0 Å². The summed E-state index contributed by atoms with van der Waals surface area (Å²) in [6, 6.07) is 11.8. The third-order valence-corrected chi connectivity index (χ3v) is 2.79. The van der Waals surface area contributed by atoms with Crippen LogP contribution in [0.3, 0.4) is 0 Å². The molecule has 3 rings (SSSR count). The van der Waals surface area contributed by atoms with Gasteiger partial charge in [0.1, 0.15) is 5.82 Å². The molecule has 0 bridgehead atoms. The predicted molar refractivity (Wildman–Crippen MR) is 73.7 cm³/mol. The van der Waals surface area contributed by atoms with E-state index in [2.05, 4.69) is 21.4 Å². The average Bonchev–Trinajstić information content (AvgIpc) is 2.42. The van der Waals surface area contributed by atoms with Crippen LogP contribution in [0.4, 0.5) is 17.2 Å². The van der Waals surface area contributed by atoms with E-state index in [9.17, 15) is 0 Å². The molecule has 0 radical (unpaired) electrons. The van der Waals surface area contributed by atoms with Gasteiger partial charge in [-0.05, 0) is 29.7 Å². The van der Waals surface area contributed by atoms with Crippen LogP contribution in [0.15, 0.2) is 55.0 Å². The fraction of sp³-hybridized carbons (Fsp3) is 0. The lowest BCUT2D eigenvalue weighted by atomic mass is 10.1. The molecule has 0 saturated carbocycles. The van der Waals surface area contributed by atoms with E-state index in [0.717, 1.165) is 22.1 Å². The Kier molecular flexibility index (Phi) is 2.53. The summed E-state index contributed by atoms with van der Waals surface area (Å²) < 4.78 is 0. The Bertz CT molecular complexity index is 689. The fourth-order valence-electron chi connectivity index (χ4n) is 1.89. The second-order valence-corrected chi connectivity index (χ2v) is 3.96. The molecule has 0 atom stereocenters. The Hall–Kier alpha value is -2.62. The Morgan fingerprint density at radius 2 is 1.83 bits per heavy atom. The van der Waals surface area contributed by atoms with E-state index in [1.165, 1.54) is 0 Å². The number of nitrogens with two attached hydrogens (primary N) is 1. The van der Waals surface area contributed by atoms with Crippen molar-refractivity contribution in [2.45, 2.75) is 0 Å². The Balaban J connectivity index is 2.08. The van der Waals surface area contributed by atoms with Crippen molar-refractivity contribution in [2.75, 3.05) is 11.1 Å². The molecule has 1 aromatic carbocycles. The highest BCUT2D eigenvalue weighted by atomic mass is 15.0. The van der Waals surface area contributed by atoms with Crippen LogP contribution < -0.4 is 11.1 Å². The van der Waals surface area contributed by atoms with Gasteiger partial charge in [0.2, 0.25) is 0 Å². The molecule has 0 saturated heterocycles. The van der Waals surface area contributed by atoms with Crippen molar-refractivity contribution in [2.24, 2.45) is 0 Å². The van der Waals surface area contributed by atoms with Crippen molar-refractivity contribution in [3.63, 3.8) is 0 Å². The molecule has 4 heteroatoms. The van der Waals surface area contributed by atoms with E-state index < -0.39 is 0 Å². The molecule has 2 heterocycles. The molecule has 0 unspecified atom stereocenters. The van der Waals surface area contributed by atoms with E-state index in [4.69, 9.17) is 5.73 Å². The van der Waals surface area contributed by atoms with Gasteiger partial charge in [0.15, 0.2) is 0 Å². The number of hydrogen-bond acceptors (Lipinski definition) is 4.